The molecule has 44 heavy (non-hydrogen) atoms. The van der Waals surface area contributed by atoms with Crippen LogP contribution < -0.4 is 25.8 Å². The number of carbonyl (C=O) groups is 1. The molecule has 0 fully saturated rings. The average Bonchev–Trinajstić information content (AvgIpc) is 3.47. The number of ether oxygens (including phenoxy) is 2. The minimum absolute atomic E-state index is 0.00778. The first-order valence-corrected chi connectivity index (χ1v) is 13.6. The second-order valence-corrected chi connectivity index (χ2v) is 10.2. The minimum Gasteiger partial charge on any atom is -0.493 e. The van der Waals surface area contributed by atoms with E-state index in [4.69, 9.17) is 26.8 Å². The molecule has 5 aromatic rings. The van der Waals surface area contributed by atoms with Crippen LogP contribution in [-0.4, -0.2) is 27.6 Å². The quantitative estimate of drug-likeness (QED) is 0.177. The van der Waals surface area contributed by atoms with Gasteiger partial charge in [0, 0.05) is 23.7 Å². The Hall–Kier alpha value is -5.36. The fourth-order valence-electron chi connectivity index (χ4n) is 4.64. The molecule has 0 aliphatic carbocycles. The summed E-state index contributed by atoms with van der Waals surface area (Å²) in [6.45, 7) is 0.537. The zero-order chi connectivity index (χ0) is 30.8. The molecule has 222 valence electrons. The van der Waals surface area contributed by atoms with Gasteiger partial charge in [0.1, 0.15) is 17.3 Å². The van der Waals surface area contributed by atoms with Gasteiger partial charge in [-0.3, -0.25) is 0 Å². The first-order valence-electron chi connectivity index (χ1n) is 13.2. The minimum atomic E-state index is -4.60. The highest BCUT2D eigenvalue weighted by atomic mass is 35.5. The number of nitrogen functional groups attached to an aromatic ring is 1. The van der Waals surface area contributed by atoms with Crippen LogP contribution in [0.15, 0.2) is 85.3 Å². The van der Waals surface area contributed by atoms with Crippen LogP contribution in [0.1, 0.15) is 11.1 Å². The smallest absolute Gasteiger partial charge is 0.416 e. The normalized spacial score (nSPS) is 12.3. The Balaban J connectivity index is 1.14. The first-order chi connectivity index (χ1) is 21.1. The SMILES string of the molecule is Nc1ncc(Cl)cc1-c1ccc(Oc2ncc(NC(=O)Nc3cc(C(F)(F)F)ccc3-c3ccc4c(c3)CCO4)cn2)cc1. The second kappa shape index (κ2) is 11.7. The molecule has 3 heterocycles. The van der Waals surface area contributed by atoms with Gasteiger partial charge in [-0.25, -0.2) is 19.7 Å². The zero-order valence-electron chi connectivity index (χ0n) is 22.7. The van der Waals surface area contributed by atoms with Crippen molar-refractivity contribution in [1.29, 1.82) is 0 Å². The van der Waals surface area contributed by atoms with Crippen molar-refractivity contribution in [3.05, 3.63) is 101 Å². The van der Waals surface area contributed by atoms with Crippen LogP contribution in [0, 0.1) is 0 Å². The largest absolute Gasteiger partial charge is 0.493 e. The zero-order valence-corrected chi connectivity index (χ0v) is 23.4. The standard InChI is InChI=1S/C31H22ClF3N6O3/c32-21-13-25(28(36)37-14-21)17-1-5-23(6-2-17)44-30-38-15-22(16-39-30)40-29(42)41-26-12-20(31(33,34)35)4-7-24(26)18-3-8-27-19(11-18)9-10-43-27/h1-8,11-16H,9-10H2,(H2,36,37)(H2,40,41,42). The topological polar surface area (TPSA) is 124 Å². The van der Waals surface area contributed by atoms with Crippen molar-refractivity contribution >= 4 is 34.8 Å². The molecule has 13 heteroatoms. The molecule has 1 aliphatic rings. The number of pyridine rings is 1. The lowest BCUT2D eigenvalue weighted by Gasteiger charge is -2.16. The number of urea groups is 1. The van der Waals surface area contributed by atoms with E-state index in [2.05, 4.69) is 25.6 Å². The van der Waals surface area contributed by atoms with Crippen molar-refractivity contribution in [3.63, 3.8) is 0 Å². The van der Waals surface area contributed by atoms with Crippen molar-refractivity contribution < 1.29 is 27.4 Å². The molecule has 1 aliphatic heterocycles. The number of fused-ring (bicyclic) bond motifs is 1. The number of nitrogens with one attached hydrogen (secondary N) is 2. The Morgan fingerprint density at radius 1 is 0.886 bits per heavy atom. The molecule has 0 saturated heterocycles. The molecule has 4 N–H and O–H groups in total. The maximum absolute atomic E-state index is 13.5. The van der Waals surface area contributed by atoms with Crippen molar-refractivity contribution in [3.8, 4) is 39.8 Å². The number of rotatable bonds is 6. The summed E-state index contributed by atoms with van der Waals surface area (Å²) < 4.78 is 51.7. The predicted molar refractivity (Wildman–Crippen MR) is 160 cm³/mol. The molecule has 0 spiro atoms. The number of aromatic nitrogens is 3. The highest BCUT2D eigenvalue weighted by molar-refractivity contribution is 6.30. The lowest BCUT2D eigenvalue weighted by molar-refractivity contribution is -0.137. The molecule has 3 aromatic carbocycles. The van der Waals surface area contributed by atoms with E-state index in [1.165, 1.54) is 24.7 Å². The van der Waals surface area contributed by atoms with Gasteiger partial charge in [-0.2, -0.15) is 13.2 Å². The van der Waals surface area contributed by atoms with Crippen LogP contribution in [-0.2, 0) is 12.6 Å². The Bertz CT molecular complexity index is 1850. The number of benzene rings is 3. The van der Waals surface area contributed by atoms with Gasteiger partial charge >= 0.3 is 18.2 Å². The van der Waals surface area contributed by atoms with Gasteiger partial charge in [-0.05, 0) is 59.2 Å². The molecular weight excluding hydrogens is 597 g/mol. The van der Waals surface area contributed by atoms with Crippen LogP contribution in [0.25, 0.3) is 22.3 Å². The lowest BCUT2D eigenvalue weighted by Crippen LogP contribution is -2.20. The van der Waals surface area contributed by atoms with Gasteiger partial charge in [0.05, 0.1) is 41.0 Å². The van der Waals surface area contributed by atoms with Gasteiger partial charge in [0.25, 0.3) is 0 Å². The Morgan fingerprint density at radius 2 is 1.64 bits per heavy atom. The Kier molecular flexibility index (Phi) is 7.66. The number of hydrogen-bond donors (Lipinski definition) is 3. The van der Waals surface area contributed by atoms with E-state index < -0.39 is 17.8 Å². The first kappa shape index (κ1) is 28.7. The van der Waals surface area contributed by atoms with E-state index >= 15 is 0 Å². The van der Waals surface area contributed by atoms with E-state index in [1.54, 1.807) is 42.5 Å². The van der Waals surface area contributed by atoms with E-state index in [-0.39, 0.29) is 17.4 Å². The maximum atomic E-state index is 13.5. The van der Waals surface area contributed by atoms with Gasteiger partial charge in [0.15, 0.2) is 0 Å². The van der Waals surface area contributed by atoms with Crippen LogP contribution >= 0.6 is 11.6 Å². The van der Waals surface area contributed by atoms with Crippen molar-refractivity contribution in [1.82, 2.24) is 15.0 Å². The second-order valence-electron chi connectivity index (χ2n) is 9.73. The van der Waals surface area contributed by atoms with Crippen LogP contribution in [0.3, 0.4) is 0 Å². The Labute approximate surface area is 253 Å². The summed E-state index contributed by atoms with van der Waals surface area (Å²) in [6, 6.07) is 16.4. The molecule has 6 rings (SSSR count). The summed E-state index contributed by atoms with van der Waals surface area (Å²) >= 11 is 6.03. The van der Waals surface area contributed by atoms with E-state index in [0.717, 1.165) is 29.0 Å². The summed E-state index contributed by atoms with van der Waals surface area (Å²) in [7, 11) is 0. The fraction of sp³-hybridized carbons (Fsp3) is 0.0968. The van der Waals surface area contributed by atoms with Gasteiger partial charge in [-0.1, -0.05) is 35.9 Å². The van der Waals surface area contributed by atoms with E-state index in [9.17, 15) is 18.0 Å². The van der Waals surface area contributed by atoms with Gasteiger partial charge < -0.3 is 25.8 Å². The summed E-state index contributed by atoms with van der Waals surface area (Å²) in [6.07, 6.45) is 0.171. The summed E-state index contributed by atoms with van der Waals surface area (Å²) in [4.78, 5) is 25.1. The third-order valence-electron chi connectivity index (χ3n) is 6.74. The highest BCUT2D eigenvalue weighted by Crippen LogP contribution is 2.38. The molecule has 0 unspecified atom stereocenters. The number of nitrogens with zero attached hydrogens (tertiary/aromatic N) is 3. The molecule has 0 atom stereocenters. The maximum Gasteiger partial charge on any atom is 0.416 e. The van der Waals surface area contributed by atoms with E-state index in [0.29, 0.717) is 46.3 Å². The number of alkyl halides is 3. The average molecular weight is 619 g/mol. The Morgan fingerprint density at radius 3 is 2.39 bits per heavy atom. The third-order valence-corrected chi connectivity index (χ3v) is 6.95. The number of halogens is 4. The molecule has 0 saturated carbocycles. The molecule has 2 amide bonds. The van der Waals surface area contributed by atoms with Crippen LogP contribution in [0.4, 0.5) is 35.2 Å². The summed E-state index contributed by atoms with van der Waals surface area (Å²) in [5.74, 6) is 1.51. The van der Waals surface area contributed by atoms with Crippen molar-refractivity contribution in [2.45, 2.75) is 12.6 Å². The predicted octanol–water partition coefficient (Wildman–Crippen LogP) is 7.83. The number of hydrogen-bond acceptors (Lipinski definition) is 7. The molecule has 2 aromatic heterocycles. The van der Waals surface area contributed by atoms with E-state index in [1.807, 2.05) is 6.07 Å². The number of nitrogens with two attached hydrogens (primary N) is 1. The number of anilines is 3. The fourth-order valence-corrected chi connectivity index (χ4v) is 4.79. The molecule has 9 nitrogen and oxygen atoms in total. The monoisotopic (exact) mass is 618 g/mol. The van der Waals surface area contributed by atoms with Gasteiger partial charge in [-0.15, -0.1) is 0 Å². The molecule has 0 radical (unpaired) electrons. The number of amides is 2. The summed E-state index contributed by atoms with van der Waals surface area (Å²) in [5, 5.41) is 5.52. The van der Waals surface area contributed by atoms with Crippen LogP contribution in [0.5, 0.6) is 17.5 Å². The van der Waals surface area contributed by atoms with Crippen molar-refractivity contribution in [2.75, 3.05) is 23.0 Å². The van der Waals surface area contributed by atoms with Gasteiger partial charge in [0.2, 0.25) is 0 Å². The molecular formula is C31H22ClF3N6O3. The lowest BCUT2D eigenvalue weighted by atomic mass is 9.98. The highest BCUT2D eigenvalue weighted by Gasteiger charge is 2.31. The summed E-state index contributed by atoms with van der Waals surface area (Å²) in [5.41, 5.74) is 8.68. The van der Waals surface area contributed by atoms with Crippen molar-refractivity contribution in [2.24, 2.45) is 0 Å². The number of carbonyl (C=O) groups excluding carboxylic acids is 1. The third kappa shape index (κ3) is 6.35. The molecule has 0 bridgehead atoms. The van der Waals surface area contributed by atoms with Crippen LogP contribution in [0.2, 0.25) is 5.02 Å².